The molecule has 0 bridgehead atoms. The number of aromatic amines is 1. The van der Waals surface area contributed by atoms with Crippen LogP contribution in [0.3, 0.4) is 0 Å². The summed E-state index contributed by atoms with van der Waals surface area (Å²) in [4.78, 5) is 26.4. The Balaban J connectivity index is 1.83. The smallest absolute Gasteiger partial charge is 0.335 e. The molecule has 0 aliphatic carbocycles. The Bertz CT molecular complexity index is 958. The second kappa shape index (κ2) is 4.88. The third-order valence-electron chi connectivity index (χ3n) is 3.87. The summed E-state index contributed by atoms with van der Waals surface area (Å²) in [5.41, 5.74) is 2.46. The molecule has 0 saturated heterocycles. The fourth-order valence-electron chi connectivity index (χ4n) is 2.81. The van der Waals surface area contributed by atoms with Crippen LogP contribution in [0.2, 0.25) is 0 Å². The van der Waals surface area contributed by atoms with Crippen molar-refractivity contribution in [1.82, 2.24) is 10.3 Å². The van der Waals surface area contributed by atoms with Gasteiger partial charge in [-0.3, -0.25) is 4.79 Å². The molecule has 1 aromatic heterocycles. The molecule has 2 aromatic carbocycles. The monoisotopic (exact) mass is 308 g/mol. The maximum absolute atomic E-state index is 12.3. The Morgan fingerprint density at radius 2 is 2.09 bits per heavy atom. The fraction of sp³-hybridized carbons (Fsp3) is 0.0588. The summed E-state index contributed by atoms with van der Waals surface area (Å²) in [6.45, 7) is 0.476. The van der Waals surface area contributed by atoms with Crippen LogP contribution in [0.4, 0.5) is 0 Å². The van der Waals surface area contributed by atoms with Crippen LogP contribution in [0.1, 0.15) is 26.3 Å². The van der Waals surface area contributed by atoms with E-state index in [-0.39, 0.29) is 11.5 Å². The van der Waals surface area contributed by atoms with E-state index in [2.05, 4.69) is 10.3 Å². The van der Waals surface area contributed by atoms with Crippen LogP contribution in [0.5, 0.6) is 11.5 Å². The maximum Gasteiger partial charge on any atom is 0.335 e. The summed E-state index contributed by atoms with van der Waals surface area (Å²) in [6.07, 6.45) is 1.86. The van der Waals surface area contributed by atoms with Crippen LogP contribution >= 0.6 is 0 Å². The van der Waals surface area contributed by atoms with Gasteiger partial charge in [0.2, 0.25) is 0 Å². The number of nitrogens with one attached hydrogen (secondary N) is 2. The standard InChI is InChI=1S/C17H12N2O4/c20-16-15-13(23-11-3-1-2-9(6-11)17(21)22)5-4-12-14(15)10(7-18-12)8-19-16/h1-7,18H,8H2,(H,19,20)(H,21,22). The van der Waals surface area contributed by atoms with Gasteiger partial charge in [-0.15, -0.1) is 0 Å². The van der Waals surface area contributed by atoms with Gasteiger partial charge in [-0.2, -0.15) is 0 Å². The summed E-state index contributed by atoms with van der Waals surface area (Å²) >= 11 is 0. The van der Waals surface area contributed by atoms with Crippen molar-refractivity contribution in [2.45, 2.75) is 6.54 Å². The van der Waals surface area contributed by atoms with Crippen LogP contribution in [-0.4, -0.2) is 22.0 Å². The number of carboxylic acids is 1. The molecule has 2 heterocycles. The lowest BCUT2D eigenvalue weighted by Gasteiger charge is -2.17. The van der Waals surface area contributed by atoms with Crippen molar-refractivity contribution in [1.29, 1.82) is 0 Å². The molecule has 0 spiro atoms. The quantitative estimate of drug-likeness (QED) is 0.694. The van der Waals surface area contributed by atoms with Crippen LogP contribution < -0.4 is 10.1 Å². The molecule has 3 aromatic rings. The van der Waals surface area contributed by atoms with E-state index in [1.165, 1.54) is 12.1 Å². The lowest BCUT2D eigenvalue weighted by molar-refractivity contribution is 0.0696. The number of hydrogen-bond acceptors (Lipinski definition) is 3. The molecule has 23 heavy (non-hydrogen) atoms. The molecule has 4 rings (SSSR count). The van der Waals surface area contributed by atoms with Crippen molar-refractivity contribution in [3.63, 3.8) is 0 Å². The molecular formula is C17H12N2O4. The second-order valence-corrected chi connectivity index (χ2v) is 5.29. The molecule has 0 radical (unpaired) electrons. The number of aromatic carboxylic acids is 1. The first-order valence-electron chi connectivity index (χ1n) is 7.06. The van der Waals surface area contributed by atoms with Crippen LogP contribution in [-0.2, 0) is 6.54 Å². The van der Waals surface area contributed by atoms with Gasteiger partial charge in [0, 0.05) is 23.6 Å². The topological polar surface area (TPSA) is 91.4 Å². The predicted molar refractivity (Wildman–Crippen MR) is 82.9 cm³/mol. The van der Waals surface area contributed by atoms with Gasteiger partial charge >= 0.3 is 5.97 Å². The molecule has 6 nitrogen and oxygen atoms in total. The van der Waals surface area contributed by atoms with Crippen molar-refractivity contribution >= 4 is 22.8 Å². The molecule has 0 fully saturated rings. The molecule has 1 amide bonds. The number of carbonyl (C=O) groups is 2. The zero-order chi connectivity index (χ0) is 16.0. The SMILES string of the molecule is O=C(O)c1cccc(Oc2ccc3[nH]cc4c3c2C(=O)NC4)c1. The number of carboxylic acid groups (broad SMARTS) is 1. The Kier molecular flexibility index (Phi) is 2.84. The molecule has 6 heteroatoms. The highest BCUT2D eigenvalue weighted by molar-refractivity contribution is 6.11. The minimum atomic E-state index is -1.03. The van der Waals surface area contributed by atoms with Crippen LogP contribution in [0, 0.1) is 0 Å². The van der Waals surface area contributed by atoms with E-state index < -0.39 is 5.97 Å². The fourth-order valence-corrected chi connectivity index (χ4v) is 2.81. The van der Waals surface area contributed by atoms with Gasteiger partial charge < -0.3 is 20.1 Å². The lowest BCUT2D eigenvalue weighted by atomic mass is 10.0. The van der Waals surface area contributed by atoms with E-state index in [0.717, 1.165) is 16.5 Å². The number of aromatic nitrogens is 1. The van der Waals surface area contributed by atoms with E-state index in [1.807, 2.05) is 12.3 Å². The van der Waals surface area contributed by atoms with Gasteiger partial charge in [0.25, 0.3) is 5.91 Å². The molecule has 0 saturated carbocycles. The predicted octanol–water partition coefficient (Wildman–Crippen LogP) is 2.90. The molecule has 0 atom stereocenters. The normalized spacial score (nSPS) is 13.0. The van der Waals surface area contributed by atoms with Gasteiger partial charge in [0.05, 0.1) is 11.1 Å². The minimum absolute atomic E-state index is 0.129. The highest BCUT2D eigenvalue weighted by atomic mass is 16.5. The maximum atomic E-state index is 12.3. The number of benzene rings is 2. The van der Waals surface area contributed by atoms with Gasteiger partial charge in [0.15, 0.2) is 0 Å². The summed E-state index contributed by atoms with van der Waals surface area (Å²) in [5, 5.41) is 12.7. The summed E-state index contributed by atoms with van der Waals surface area (Å²) in [7, 11) is 0. The Hall–Kier alpha value is -3.28. The molecule has 1 aliphatic rings. The Morgan fingerprint density at radius 1 is 1.22 bits per heavy atom. The Morgan fingerprint density at radius 3 is 2.91 bits per heavy atom. The number of ether oxygens (including phenoxy) is 1. The molecule has 114 valence electrons. The number of hydrogen-bond donors (Lipinski definition) is 3. The Labute approximate surface area is 130 Å². The van der Waals surface area contributed by atoms with Crippen LogP contribution in [0.15, 0.2) is 42.6 Å². The molecular weight excluding hydrogens is 296 g/mol. The van der Waals surface area contributed by atoms with Crippen molar-refractivity contribution in [3.05, 3.63) is 59.3 Å². The largest absolute Gasteiger partial charge is 0.478 e. The second-order valence-electron chi connectivity index (χ2n) is 5.29. The van der Waals surface area contributed by atoms with E-state index in [1.54, 1.807) is 18.2 Å². The van der Waals surface area contributed by atoms with Gasteiger partial charge in [0.1, 0.15) is 11.5 Å². The summed E-state index contributed by atoms with van der Waals surface area (Å²) in [5.74, 6) is -0.459. The van der Waals surface area contributed by atoms with Crippen molar-refractivity contribution in [3.8, 4) is 11.5 Å². The van der Waals surface area contributed by atoms with E-state index in [9.17, 15) is 9.59 Å². The first kappa shape index (κ1) is 13.4. The third-order valence-corrected chi connectivity index (χ3v) is 3.87. The summed E-state index contributed by atoms with van der Waals surface area (Å²) < 4.78 is 5.79. The van der Waals surface area contributed by atoms with Gasteiger partial charge in [-0.1, -0.05) is 6.07 Å². The first-order chi connectivity index (χ1) is 11.1. The highest BCUT2D eigenvalue weighted by Crippen LogP contribution is 2.35. The van der Waals surface area contributed by atoms with Gasteiger partial charge in [-0.05, 0) is 35.9 Å². The van der Waals surface area contributed by atoms with Crippen molar-refractivity contribution < 1.29 is 19.4 Å². The zero-order valence-electron chi connectivity index (χ0n) is 11.9. The highest BCUT2D eigenvalue weighted by Gasteiger charge is 2.24. The zero-order valence-corrected chi connectivity index (χ0v) is 11.9. The lowest BCUT2D eigenvalue weighted by Crippen LogP contribution is -2.27. The number of carbonyl (C=O) groups excluding carboxylic acids is 1. The number of amides is 1. The molecule has 1 aliphatic heterocycles. The minimum Gasteiger partial charge on any atom is -0.478 e. The van der Waals surface area contributed by atoms with Crippen molar-refractivity contribution in [2.24, 2.45) is 0 Å². The van der Waals surface area contributed by atoms with Gasteiger partial charge in [-0.25, -0.2) is 4.79 Å². The van der Waals surface area contributed by atoms with E-state index in [4.69, 9.17) is 9.84 Å². The average Bonchev–Trinajstić information content (AvgIpc) is 2.96. The number of H-pyrrole nitrogens is 1. The molecule has 0 unspecified atom stereocenters. The van der Waals surface area contributed by atoms with Crippen molar-refractivity contribution in [2.75, 3.05) is 0 Å². The molecule has 3 N–H and O–H groups in total. The van der Waals surface area contributed by atoms with Crippen LogP contribution in [0.25, 0.3) is 10.9 Å². The third kappa shape index (κ3) is 2.12. The first-order valence-corrected chi connectivity index (χ1v) is 7.06. The number of rotatable bonds is 3. The average molecular weight is 308 g/mol. The summed E-state index contributed by atoms with van der Waals surface area (Å²) in [6, 6.07) is 9.72. The van der Waals surface area contributed by atoms with E-state index >= 15 is 0 Å². The van der Waals surface area contributed by atoms with E-state index in [0.29, 0.717) is 23.6 Å².